The number of aliphatic hydroxyl groups excluding tert-OH is 1. The van der Waals surface area contributed by atoms with E-state index in [1.165, 1.54) is 0 Å². The van der Waals surface area contributed by atoms with E-state index in [4.69, 9.17) is 9.47 Å². The van der Waals surface area contributed by atoms with E-state index in [9.17, 15) is 13.5 Å². The number of aromatic nitrogens is 1. The molecule has 3 aromatic carbocycles. The summed E-state index contributed by atoms with van der Waals surface area (Å²) in [6.45, 7) is 1.76. The molecule has 5 rings (SSSR count). The first-order valence-corrected chi connectivity index (χ1v) is 15.6. The maximum Gasteiger partial charge on any atom is 0.240 e. The Morgan fingerprint density at radius 2 is 1.57 bits per heavy atom. The van der Waals surface area contributed by atoms with Crippen molar-refractivity contribution >= 4 is 10.0 Å². The minimum absolute atomic E-state index is 0.00487. The molecule has 1 aliphatic heterocycles. The molecule has 1 fully saturated rings. The maximum absolute atomic E-state index is 12.6. The lowest BCUT2D eigenvalue weighted by molar-refractivity contribution is -0.252. The summed E-state index contributed by atoms with van der Waals surface area (Å²) >= 11 is 0. The third kappa shape index (κ3) is 8.10. The summed E-state index contributed by atoms with van der Waals surface area (Å²) < 4.78 is 40.8. The Morgan fingerprint density at radius 3 is 2.26 bits per heavy atom. The molecule has 3 atom stereocenters. The van der Waals surface area contributed by atoms with Crippen molar-refractivity contribution in [3.8, 4) is 0 Å². The van der Waals surface area contributed by atoms with Gasteiger partial charge in [-0.3, -0.25) is 4.98 Å². The summed E-state index contributed by atoms with van der Waals surface area (Å²) in [5, 5.41) is 9.47. The second-order valence-electron chi connectivity index (χ2n) is 10.6. The number of benzene rings is 3. The smallest absolute Gasteiger partial charge is 0.240 e. The van der Waals surface area contributed by atoms with Crippen molar-refractivity contribution in [1.29, 1.82) is 0 Å². The average Bonchev–Trinajstić information content (AvgIpc) is 3.04. The van der Waals surface area contributed by atoms with Crippen LogP contribution in [0.25, 0.3) is 0 Å². The molecule has 1 aliphatic rings. The van der Waals surface area contributed by atoms with E-state index < -0.39 is 16.3 Å². The number of nitrogens with zero attached hydrogens (tertiary/aromatic N) is 2. The zero-order valence-corrected chi connectivity index (χ0v) is 24.5. The van der Waals surface area contributed by atoms with Gasteiger partial charge in [0.25, 0.3) is 0 Å². The second kappa shape index (κ2) is 14.2. The van der Waals surface area contributed by atoms with Gasteiger partial charge in [0, 0.05) is 49.9 Å². The highest BCUT2D eigenvalue weighted by atomic mass is 32.2. The molecule has 0 saturated carbocycles. The van der Waals surface area contributed by atoms with Crippen LogP contribution in [0, 0.1) is 0 Å². The van der Waals surface area contributed by atoms with Gasteiger partial charge in [-0.2, -0.15) is 0 Å². The van der Waals surface area contributed by atoms with Gasteiger partial charge in [0.05, 0.1) is 23.7 Å². The summed E-state index contributed by atoms with van der Waals surface area (Å²) in [5.41, 5.74) is 4.64. The maximum atomic E-state index is 12.6. The highest BCUT2D eigenvalue weighted by molar-refractivity contribution is 7.89. The number of hydrogen-bond acceptors (Lipinski definition) is 7. The van der Waals surface area contributed by atoms with Crippen molar-refractivity contribution in [2.24, 2.45) is 0 Å². The average molecular weight is 588 g/mol. The van der Waals surface area contributed by atoms with E-state index in [1.54, 1.807) is 30.3 Å². The van der Waals surface area contributed by atoms with E-state index in [-0.39, 0.29) is 30.3 Å². The predicted octanol–water partition coefficient (Wildman–Crippen LogP) is 4.77. The number of aliphatic hydroxyl groups is 1. The Labute approximate surface area is 248 Å². The number of ether oxygens (including phenoxy) is 2. The molecule has 1 saturated heterocycles. The molecule has 4 aromatic rings. The Bertz CT molecular complexity index is 1500. The first-order valence-electron chi connectivity index (χ1n) is 14.1. The van der Waals surface area contributed by atoms with Gasteiger partial charge < -0.3 is 19.5 Å². The minimum atomic E-state index is -3.60. The summed E-state index contributed by atoms with van der Waals surface area (Å²) in [6, 6.07) is 29.8. The van der Waals surface area contributed by atoms with Crippen molar-refractivity contribution in [3.63, 3.8) is 0 Å². The highest BCUT2D eigenvalue weighted by Gasteiger charge is 2.32. The molecule has 1 aromatic heterocycles. The van der Waals surface area contributed by atoms with Crippen LogP contribution >= 0.6 is 0 Å². The first-order chi connectivity index (χ1) is 20.4. The zero-order chi connectivity index (χ0) is 29.4. The summed E-state index contributed by atoms with van der Waals surface area (Å²) in [6.07, 6.45) is 2.54. The fraction of sp³-hybridized carbons (Fsp3) is 0.303. The zero-order valence-electron chi connectivity index (χ0n) is 23.7. The SMILES string of the molecule is CN(CCc1ccccn1)C[C@@H]1C[C@H](c2ccc(CO)cc2)O[C@H](c2ccc(CNS(=O)(=O)c3ccccc3)cc2)O1. The third-order valence-electron chi connectivity index (χ3n) is 7.38. The number of sulfonamides is 1. The fourth-order valence-corrected chi connectivity index (χ4v) is 6.02. The van der Waals surface area contributed by atoms with E-state index in [1.807, 2.05) is 72.9 Å². The summed E-state index contributed by atoms with van der Waals surface area (Å²) in [4.78, 5) is 6.93. The molecular weight excluding hydrogens is 550 g/mol. The van der Waals surface area contributed by atoms with Gasteiger partial charge in [-0.05, 0) is 48.0 Å². The van der Waals surface area contributed by atoms with Gasteiger partial charge in [-0.25, -0.2) is 13.1 Å². The van der Waals surface area contributed by atoms with Crippen molar-refractivity contribution in [1.82, 2.24) is 14.6 Å². The van der Waals surface area contributed by atoms with Crippen molar-refractivity contribution in [2.75, 3.05) is 20.1 Å². The van der Waals surface area contributed by atoms with Gasteiger partial charge in [-0.1, -0.05) is 72.8 Å². The molecule has 9 heteroatoms. The summed E-state index contributed by atoms with van der Waals surface area (Å²) in [5.74, 6) is 0. The lowest BCUT2D eigenvalue weighted by atomic mass is 9.99. The number of nitrogens with one attached hydrogen (secondary N) is 1. The first kappa shape index (κ1) is 30.0. The third-order valence-corrected chi connectivity index (χ3v) is 8.79. The van der Waals surface area contributed by atoms with Crippen molar-refractivity contribution < 1.29 is 23.0 Å². The number of pyridine rings is 1. The van der Waals surface area contributed by atoms with Gasteiger partial charge >= 0.3 is 0 Å². The van der Waals surface area contributed by atoms with Crippen LogP contribution in [0.2, 0.25) is 0 Å². The van der Waals surface area contributed by atoms with Crippen molar-refractivity contribution in [3.05, 3.63) is 131 Å². The molecular formula is C33H37N3O5S. The molecule has 42 heavy (non-hydrogen) atoms. The van der Waals surface area contributed by atoms with E-state index in [0.29, 0.717) is 6.42 Å². The lowest BCUT2D eigenvalue weighted by Crippen LogP contribution is -2.38. The number of likely N-dealkylation sites (N-methyl/N-ethyl adjacent to an activating group) is 1. The standard InChI is InChI=1S/C33H37N3O5S/c1-36(20-18-29-7-5-6-19-34-29)23-30-21-32(27-14-12-26(24-37)13-15-27)41-33(40-30)28-16-10-25(11-17-28)22-35-42(38,39)31-8-3-2-4-9-31/h2-17,19,30,32-33,35,37H,18,20-24H2,1H3/t30-,32+,33+/m0/s1. The van der Waals surface area contributed by atoms with Crippen LogP contribution in [0.5, 0.6) is 0 Å². The molecule has 0 amide bonds. The van der Waals surface area contributed by atoms with Gasteiger partial charge in [-0.15, -0.1) is 0 Å². The normalized spacial score (nSPS) is 19.2. The van der Waals surface area contributed by atoms with Crippen LogP contribution in [0.1, 0.15) is 46.8 Å². The van der Waals surface area contributed by atoms with Crippen molar-refractivity contribution in [2.45, 2.75) is 49.4 Å². The van der Waals surface area contributed by atoms with Crippen LogP contribution < -0.4 is 4.72 Å². The van der Waals surface area contributed by atoms with Crippen LogP contribution in [-0.4, -0.2) is 49.6 Å². The predicted molar refractivity (Wildman–Crippen MR) is 161 cm³/mol. The molecule has 2 N–H and O–H groups in total. The number of hydrogen-bond donors (Lipinski definition) is 2. The fourth-order valence-electron chi connectivity index (χ4n) is 4.98. The van der Waals surface area contributed by atoms with E-state index in [0.717, 1.165) is 47.5 Å². The quantitative estimate of drug-likeness (QED) is 0.246. The molecule has 2 heterocycles. The molecule has 0 bridgehead atoms. The summed E-state index contributed by atoms with van der Waals surface area (Å²) in [7, 11) is -1.51. The Hall–Kier alpha value is -3.44. The lowest BCUT2D eigenvalue weighted by Gasteiger charge is -2.38. The molecule has 0 radical (unpaired) electrons. The van der Waals surface area contributed by atoms with Gasteiger partial charge in [0.1, 0.15) is 0 Å². The minimum Gasteiger partial charge on any atom is -0.392 e. The van der Waals surface area contributed by atoms with Crippen LogP contribution in [-0.2, 0) is 39.1 Å². The van der Waals surface area contributed by atoms with Crippen LogP contribution in [0.4, 0.5) is 0 Å². The Balaban J connectivity index is 1.26. The number of rotatable bonds is 12. The van der Waals surface area contributed by atoms with Crippen LogP contribution in [0.15, 0.2) is 108 Å². The van der Waals surface area contributed by atoms with Gasteiger partial charge in [0.2, 0.25) is 10.0 Å². The Kier molecular flexibility index (Phi) is 10.1. The largest absolute Gasteiger partial charge is 0.392 e. The topological polar surface area (TPSA) is 101 Å². The molecule has 0 spiro atoms. The monoisotopic (exact) mass is 587 g/mol. The Morgan fingerprint density at radius 1 is 0.881 bits per heavy atom. The van der Waals surface area contributed by atoms with E-state index >= 15 is 0 Å². The molecule has 8 nitrogen and oxygen atoms in total. The molecule has 0 aliphatic carbocycles. The van der Waals surface area contributed by atoms with Gasteiger partial charge in [0.15, 0.2) is 6.29 Å². The highest BCUT2D eigenvalue weighted by Crippen LogP contribution is 2.38. The molecule has 220 valence electrons. The molecule has 0 unspecified atom stereocenters. The van der Waals surface area contributed by atoms with Crippen LogP contribution in [0.3, 0.4) is 0 Å². The second-order valence-corrected chi connectivity index (χ2v) is 12.3. The van der Waals surface area contributed by atoms with E-state index in [2.05, 4.69) is 21.7 Å².